The summed E-state index contributed by atoms with van der Waals surface area (Å²) < 4.78 is 27.2. The summed E-state index contributed by atoms with van der Waals surface area (Å²) >= 11 is 0.947. The summed E-state index contributed by atoms with van der Waals surface area (Å²) in [5.74, 6) is 1.61. The van der Waals surface area contributed by atoms with E-state index in [1.54, 1.807) is 19.2 Å². The quantitative estimate of drug-likeness (QED) is 0.256. The Labute approximate surface area is 239 Å². The lowest BCUT2D eigenvalue weighted by Crippen LogP contribution is -2.28. The second-order valence-corrected chi connectivity index (χ2v) is 14.1. The molecule has 2 aliphatic rings. The number of ether oxygens (including phenoxy) is 1. The van der Waals surface area contributed by atoms with E-state index in [2.05, 4.69) is 38.4 Å². The molecule has 9 nitrogen and oxygen atoms in total. The number of aryl methyl sites for hydroxylation is 1. The molecule has 0 bridgehead atoms. The Hall–Kier alpha value is -2.83. The Morgan fingerprint density at radius 1 is 1.23 bits per heavy atom. The molecule has 2 aliphatic carbocycles. The van der Waals surface area contributed by atoms with E-state index in [4.69, 9.17) is 4.74 Å². The standard InChI is InChI=1S/C29H36N4O5S2/c1-17(19-5-6-19)23-13-9-21-10-14-24(21)26(23)31-28(35)33-40(37,25-15-30-27(39-25)29(3,36)16-34)32-18(2)20-7-11-22(38-4)12-8-20/h7-9,11-13,15,17-19,34,36H,5-6,10,14,16H2,1-4H3,(H2,31,32,33,35,37). The van der Waals surface area contributed by atoms with Crippen LogP contribution in [0.25, 0.3) is 0 Å². The fraction of sp³-hybridized carbons (Fsp3) is 0.448. The molecule has 214 valence electrons. The minimum Gasteiger partial charge on any atom is -0.497 e. The van der Waals surface area contributed by atoms with Gasteiger partial charge in [0.25, 0.3) is 0 Å². The lowest BCUT2D eigenvalue weighted by molar-refractivity contribution is -0.00244. The van der Waals surface area contributed by atoms with Gasteiger partial charge in [-0.05, 0) is 85.8 Å². The van der Waals surface area contributed by atoms with Crippen LogP contribution in [0, 0.1) is 5.92 Å². The fourth-order valence-corrected chi connectivity index (χ4v) is 7.95. The van der Waals surface area contributed by atoms with Crippen molar-refractivity contribution in [2.75, 3.05) is 19.0 Å². The summed E-state index contributed by atoms with van der Waals surface area (Å²) in [4.78, 5) is 17.7. The molecule has 0 aliphatic heterocycles. The maximum atomic E-state index is 14.5. The van der Waals surface area contributed by atoms with Gasteiger partial charge in [0.05, 0.1) is 19.9 Å². The number of carbonyl (C=O) groups excluding carboxylic acids is 1. The zero-order chi connectivity index (χ0) is 28.7. The number of hydrogen-bond acceptors (Lipinski definition) is 7. The van der Waals surface area contributed by atoms with E-state index in [0.29, 0.717) is 17.6 Å². The van der Waals surface area contributed by atoms with Gasteiger partial charge in [0.2, 0.25) is 0 Å². The van der Waals surface area contributed by atoms with Gasteiger partial charge in [-0.3, -0.25) is 0 Å². The van der Waals surface area contributed by atoms with Crippen LogP contribution < -0.4 is 14.8 Å². The highest BCUT2D eigenvalue weighted by Gasteiger charge is 2.33. The fourth-order valence-electron chi connectivity index (χ4n) is 4.97. The normalized spacial score (nSPS) is 18.9. The number of aliphatic hydroxyl groups is 2. The average molecular weight is 585 g/mol. The molecule has 1 heterocycles. The third-order valence-electron chi connectivity index (χ3n) is 7.83. The van der Waals surface area contributed by atoms with Crippen molar-refractivity contribution >= 4 is 33.0 Å². The molecule has 5 rings (SSSR count). The van der Waals surface area contributed by atoms with Crippen molar-refractivity contribution in [2.24, 2.45) is 10.3 Å². The molecular formula is C29H36N4O5S2. The lowest BCUT2D eigenvalue weighted by Gasteiger charge is -2.27. The number of aromatic nitrogens is 1. The van der Waals surface area contributed by atoms with Gasteiger partial charge in [-0.1, -0.05) is 31.2 Å². The zero-order valence-corrected chi connectivity index (χ0v) is 24.8. The van der Waals surface area contributed by atoms with E-state index < -0.39 is 34.2 Å². The third-order valence-corrected chi connectivity index (χ3v) is 11.5. The first-order valence-electron chi connectivity index (χ1n) is 13.5. The summed E-state index contributed by atoms with van der Waals surface area (Å²) in [5.41, 5.74) is 3.42. The number of rotatable bonds is 10. The molecule has 2 aromatic carbocycles. The summed E-state index contributed by atoms with van der Waals surface area (Å²) in [6.45, 7) is 4.88. The van der Waals surface area contributed by atoms with E-state index in [9.17, 15) is 19.2 Å². The Bertz CT molecular complexity index is 1520. The molecule has 11 heteroatoms. The maximum absolute atomic E-state index is 14.5. The van der Waals surface area contributed by atoms with Gasteiger partial charge in [-0.25, -0.2) is 18.7 Å². The Morgan fingerprint density at radius 2 is 1.95 bits per heavy atom. The Morgan fingerprint density at radius 3 is 2.55 bits per heavy atom. The minimum atomic E-state index is -3.54. The van der Waals surface area contributed by atoms with Gasteiger partial charge < -0.3 is 20.3 Å². The molecule has 2 amide bonds. The summed E-state index contributed by atoms with van der Waals surface area (Å²) in [6.07, 6.45) is 5.56. The van der Waals surface area contributed by atoms with Crippen LogP contribution in [0.3, 0.4) is 0 Å². The van der Waals surface area contributed by atoms with Gasteiger partial charge in [0.15, 0.2) is 9.92 Å². The predicted octanol–water partition coefficient (Wildman–Crippen LogP) is 5.29. The number of nitrogens with zero attached hydrogens (tertiary/aromatic N) is 2. The molecule has 1 saturated carbocycles. The number of methoxy groups -OCH3 is 1. The van der Waals surface area contributed by atoms with Gasteiger partial charge in [0.1, 0.15) is 20.6 Å². The second-order valence-electron chi connectivity index (χ2n) is 10.9. The zero-order valence-electron chi connectivity index (χ0n) is 23.1. The molecule has 4 atom stereocenters. The van der Waals surface area contributed by atoms with Gasteiger partial charge >= 0.3 is 6.03 Å². The largest absolute Gasteiger partial charge is 0.497 e. The van der Waals surface area contributed by atoms with Crippen molar-refractivity contribution < 1.29 is 24.0 Å². The number of thiazole rings is 1. The minimum absolute atomic E-state index is 0.178. The SMILES string of the molecule is COc1ccc(C(C)NS(=O)(=NC(=O)Nc2c(C(C)C3CC3)ccc3c2CC3)c2cnc(C(C)(O)CO)s2)cc1. The van der Waals surface area contributed by atoms with Crippen LogP contribution in [-0.2, 0) is 28.4 Å². The van der Waals surface area contributed by atoms with Crippen molar-refractivity contribution in [3.8, 4) is 5.75 Å². The Balaban J connectivity index is 1.51. The number of benzene rings is 2. The van der Waals surface area contributed by atoms with Gasteiger partial charge in [-0.15, -0.1) is 15.7 Å². The van der Waals surface area contributed by atoms with Crippen LogP contribution in [0.5, 0.6) is 5.75 Å². The van der Waals surface area contributed by atoms with Crippen LogP contribution in [0.2, 0.25) is 0 Å². The molecule has 0 radical (unpaired) electrons. The number of carbonyl (C=O) groups is 1. The molecule has 3 aromatic rings. The molecule has 4 N–H and O–H groups in total. The van der Waals surface area contributed by atoms with Crippen LogP contribution in [0.4, 0.5) is 10.5 Å². The average Bonchev–Trinajstić information content (AvgIpc) is 3.63. The number of urea groups is 1. The van der Waals surface area contributed by atoms with Gasteiger partial charge in [0, 0.05) is 11.7 Å². The molecule has 4 unspecified atom stereocenters. The van der Waals surface area contributed by atoms with Crippen LogP contribution >= 0.6 is 11.3 Å². The lowest BCUT2D eigenvalue weighted by atomic mass is 9.82. The third kappa shape index (κ3) is 5.80. The molecule has 1 fully saturated rings. The van der Waals surface area contributed by atoms with E-state index in [-0.39, 0.29) is 9.22 Å². The molecular weight excluding hydrogens is 548 g/mol. The highest BCUT2D eigenvalue weighted by Crippen LogP contribution is 2.46. The molecule has 0 spiro atoms. The number of nitrogens with one attached hydrogen (secondary N) is 2. The van der Waals surface area contributed by atoms with E-state index in [1.807, 2.05) is 19.1 Å². The first-order chi connectivity index (χ1) is 19.0. The number of fused-ring (bicyclic) bond motifs is 1. The topological polar surface area (TPSA) is 133 Å². The summed E-state index contributed by atoms with van der Waals surface area (Å²) in [5, 5.41) is 23.3. The van der Waals surface area contributed by atoms with Crippen molar-refractivity contribution in [2.45, 2.75) is 68.2 Å². The van der Waals surface area contributed by atoms with Crippen LogP contribution in [0.15, 0.2) is 51.2 Å². The Kier molecular flexibility index (Phi) is 8.04. The second kappa shape index (κ2) is 11.2. The van der Waals surface area contributed by atoms with Crippen molar-refractivity contribution in [1.82, 2.24) is 9.71 Å². The van der Waals surface area contributed by atoms with Crippen molar-refractivity contribution in [3.05, 3.63) is 69.9 Å². The number of amides is 2. The monoisotopic (exact) mass is 584 g/mol. The first-order valence-corrected chi connectivity index (χ1v) is 15.8. The van der Waals surface area contributed by atoms with E-state index >= 15 is 0 Å². The molecule has 40 heavy (non-hydrogen) atoms. The number of anilines is 1. The van der Waals surface area contributed by atoms with E-state index in [0.717, 1.165) is 46.6 Å². The first kappa shape index (κ1) is 28.7. The van der Waals surface area contributed by atoms with Crippen LogP contribution in [0.1, 0.15) is 72.8 Å². The molecule has 1 aromatic heterocycles. The van der Waals surface area contributed by atoms with Crippen molar-refractivity contribution in [3.63, 3.8) is 0 Å². The predicted molar refractivity (Wildman–Crippen MR) is 156 cm³/mol. The summed E-state index contributed by atoms with van der Waals surface area (Å²) in [6, 6.07) is 10.4. The number of hydrogen-bond donors (Lipinski definition) is 4. The van der Waals surface area contributed by atoms with Crippen LogP contribution in [-0.4, -0.2) is 39.2 Å². The van der Waals surface area contributed by atoms with Crippen molar-refractivity contribution in [1.29, 1.82) is 0 Å². The maximum Gasteiger partial charge on any atom is 0.354 e. The van der Waals surface area contributed by atoms with Gasteiger partial charge in [-0.2, -0.15) is 0 Å². The summed E-state index contributed by atoms with van der Waals surface area (Å²) in [7, 11) is -1.96. The van der Waals surface area contributed by atoms with E-state index in [1.165, 1.54) is 31.5 Å². The highest BCUT2D eigenvalue weighted by molar-refractivity contribution is 7.94. The number of aliphatic hydroxyl groups excluding tert-OH is 1. The highest BCUT2D eigenvalue weighted by atomic mass is 32.2. The molecule has 0 saturated heterocycles. The smallest absolute Gasteiger partial charge is 0.354 e.